The molecule has 10 heteroatoms. The molecule has 0 aliphatic heterocycles. The molecule has 0 aliphatic carbocycles. The van der Waals surface area contributed by atoms with Gasteiger partial charge in [-0.1, -0.05) is 30.3 Å². The summed E-state index contributed by atoms with van der Waals surface area (Å²) in [5.41, 5.74) is -1.25. The molecule has 1 aromatic carbocycles. The highest BCUT2D eigenvalue weighted by Gasteiger charge is 2.21. The Morgan fingerprint density at radius 2 is 1.78 bits per heavy atom. The molecule has 0 atom stereocenters. The number of imidazole rings is 1. The number of nitrogens with one attached hydrogen (secondary N) is 3. The molecule has 9 nitrogen and oxygen atoms in total. The summed E-state index contributed by atoms with van der Waals surface area (Å²) in [6.45, 7) is 0. The highest BCUT2D eigenvalue weighted by molar-refractivity contribution is 7.95. The molecule has 0 saturated carbocycles. The van der Waals surface area contributed by atoms with E-state index in [0.717, 1.165) is 0 Å². The average Bonchev–Trinajstić information content (AvgIpc) is 2.88. The quantitative estimate of drug-likeness (QED) is 0.507. The van der Waals surface area contributed by atoms with Crippen molar-refractivity contribution >= 4 is 32.3 Å². The van der Waals surface area contributed by atoms with E-state index >= 15 is 0 Å². The Kier molecular flexibility index (Phi) is 3.47. The van der Waals surface area contributed by atoms with E-state index < -0.39 is 26.3 Å². The van der Waals surface area contributed by atoms with Crippen molar-refractivity contribution in [3.8, 4) is 0 Å². The number of benzene rings is 1. The minimum absolute atomic E-state index is 0.109. The maximum atomic E-state index is 11.7. The van der Waals surface area contributed by atoms with Crippen LogP contribution >= 0.6 is 0 Å². The van der Waals surface area contributed by atoms with Crippen molar-refractivity contribution in [1.82, 2.24) is 19.9 Å². The average molecular weight is 334 g/mol. The maximum absolute atomic E-state index is 11.7. The number of nitrogens with zero attached hydrogens (tertiary/aromatic N) is 1. The van der Waals surface area contributed by atoms with Crippen LogP contribution in [-0.4, -0.2) is 32.9 Å². The monoisotopic (exact) mass is 334 g/mol. The van der Waals surface area contributed by atoms with Crippen molar-refractivity contribution in [2.45, 2.75) is 0 Å². The summed E-state index contributed by atoms with van der Waals surface area (Å²) in [5, 5.41) is 0. The van der Waals surface area contributed by atoms with Crippen LogP contribution in [0.3, 0.4) is 0 Å². The summed E-state index contributed by atoms with van der Waals surface area (Å²) in [7, 11) is -4.62. The van der Waals surface area contributed by atoms with Crippen LogP contribution in [0.2, 0.25) is 0 Å². The van der Waals surface area contributed by atoms with Gasteiger partial charge in [0.1, 0.15) is 10.4 Å². The second-order valence-electron chi connectivity index (χ2n) is 4.61. The third-order valence-electron chi connectivity index (χ3n) is 3.00. The van der Waals surface area contributed by atoms with E-state index in [2.05, 4.69) is 15.0 Å². The number of hydrogen-bond donors (Lipinski definition) is 4. The zero-order chi connectivity index (χ0) is 16.6. The standard InChI is InChI=1S/C13H10N4O5S/c18-12-9-11(16-13(19)17-12)15-10(14-9)8(23(20,21)22)6-7-4-2-1-3-5-7/h1-6H,(H,20,21,22)(H3,14,15,16,17,18,19). The molecular weight excluding hydrogens is 324 g/mol. The van der Waals surface area contributed by atoms with Crippen LogP contribution in [0.25, 0.3) is 22.1 Å². The molecule has 0 aliphatic rings. The first-order valence-corrected chi connectivity index (χ1v) is 7.75. The van der Waals surface area contributed by atoms with Gasteiger partial charge in [-0.15, -0.1) is 0 Å². The van der Waals surface area contributed by atoms with Crippen LogP contribution in [0.1, 0.15) is 11.4 Å². The van der Waals surface area contributed by atoms with Gasteiger partial charge in [-0.05, 0) is 11.6 Å². The van der Waals surface area contributed by atoms with Gasteiger partial charge in [0.15, 0.2) is 11.5 Å². The summed E-state index contributed by atoms with van der Waals surface area (Å²) >= 11 is 0. The summed E-state index contributed by atoms with van der Waals surface area (Å²) < 4.78 is 32.7. The Morgan fingerprint density at radius 3 is 2.43 bits per heavy atom. The summed E-state index contributed by atoms with van der Waals surface area (Å²) in [4.78, 5) is 33.0. The van der Waals surface area contributed by atoms with Gasteiger partial charge in [0.25, 0.3) is 15.7 Å². The molecule has 0 amide bonds. The molecular formula is C13H10N4O5S. The van der Waals surface area contributed by atoms with Gasteiger partial charge >= 0.3 is 5.69 Å². The van der Waals surface area contributed by atoms with Gasteiger partial charge in [-0.3, -0.25) is 19.3 Å². The number of aromatic nitrogens is 4. The Bertz CT molecular complexity index is 1120. The van der Waals surface area contributed by atoms with Crippen molar-refractivity contribution in [3.63, 3.8) is 0 Å². The van der Waals surface area contributed by atoms with Crippen molar-refractivity contribution in [2.75, 3.05) is 0 Å². The van der Waals surface area contributed by atoms with Gasteiger partial charge in [-0.25, -0.2) is 9.78 Å². The molecule has 0 unspecified atom stereocenters. The SMILES string of the molecule is O=c1[nH]c(=O)c2[nH]c(C(=Cc3ccccc3)S(=O)(=O)O)nc2[nH]1. The lowest BCUT2D eigenvalue weighted by atomic mass is 10.2. The fourth-order valence-electron chi connectivity index (χ4n) is 2.01. The van der Waals surface area contributed by atoms with E-state index in [0.29, 0.717) is 5.56 Å². The molecule has 0 bridgehead atoms. The molecule has 2 heterocycles. The first-order chi connectivity index (χ1) is 10.8. The van der Waals surface area contributed by atoms with Crippen molar-refractivity contribution in [2.24, 2.45) is 0 Å². The Morgan fingerprint density at radius 1 is 1.09 bits per heavy atom. The van der Waals surface area contributed by atoms with Crippen LogP contribution in [-0.2, 0) is 10.1 Å². The third-order valence-corrected chi connectivity index (χ3v) is 3.87. The van der Waals surface area contributed by atoms with Crippen LogP contribution < -0.4 is 11.2 Å². The Hall–Kier alpha value is -2.98. The third kappa shape index (κ3) is 2.98. The molecule has 3 rings (SSSR count). The molecule has 4 N–H and O–H groups in total. The number of H-pyrrole nitrogens is 3. The Labute approximate surface area is 128 Å². The van der Waals surface area contributed by atoms with Gasteiger partial charge in [0.05, 0.1) is 0 Å². The fraction of sp³-hybridized carbons (Fsp3) is 0. The zero-order valence-corrected chi connectivity index (χ0v) is 12.2. The molecule has 23 heavy (non-hydrogen) atoms. The topological polar surface area (TPSA) is 149 Å². The molecule has 0 fully saturated rings. The number of rotatable bonds is 3. The van der Waals surface area contributed by atoms with Gasteiger partial charge in [0, 0.05) is 0 Å². The van der Waals surface area contributed by atoms with Crippen LogP contribution in [0.5, 0.6) is 0 Å². The minimum atomic E-state index is -4.62. The lowest BCUT2D eigenvalue weighted by Gasteiger charge is -2.00. The number of aromatic amines is 3. The second kappa shape index (κ2) is 5.34. The van der Waals surface area contributed by atoms with Crippen LogP contribution in [0.4, 0.5) is 0 Å². The minimum Gasteiger partial charge on any atom is -0.331 e. The van der Waals surface area contributed by atoms with E-state index in [9.17, 15) is 22.6 Å². The van der Waals surface area contributed by atoms with E-state index in [1.165, 1.54) is 6.08 Å². The van der Waals surface area contributed by atoms with Gasteiger partial charge in [0.2, 0.25) is 0 Å². The lowest BCUT2D eigenvalue weighted by molar-refractivity contribution is 0.496. The molecule has 3 aromatic rings. The van der Waals surface area contributed by atoms with E-state index in [1.807, 2.05) is 4.98 Å². The van der Waals surface area contributed by atoms with Gasteiger partial charge < -0.3 is 4.98 Å². The predicted octanol–water partition coefficient (Wildman–Crippen LogP) is 0.325. The normalized spacial score (nSPS) is 12.7. The summed E-state index contributed by atoms with van der Waals surface area (Å²) in [6, 6.07) is 8.38. The second-order valence-corrected chi connectivity index (χ2v) is 6.00. The lowest BCUT2D eigenvalue weighted by Crippen LogP contribution is -2.21. The van der Waals surface area contributed by atoms with Crippen molar-refractivity contribution in [1.29, 1.82) is 0 Å². The first-order valence-electron chi connectivity index (χ1n) is 6.31. The zero-order valence-electron chi connectivity index (χ0n) is 11.4. The van der Waals surface area contributed by atoms with Crippen LogP contribution in [0, 0.1) is 0 Å². The largest absolute Gasteiger partial charge is 0.331 e. The smallest absolute Gasteiger partial charge is 0.327 e. The van der Waals surface area contributed by atoms with Gasteiger partial charge in [-0.2, -0.15) is 8.42 Å². The fourth-order valence-corrected chi connectivity index (χ4v) is 2.64. The molecule has 0 saturated heterocycles. The highest BCUT2D eigenvalue weighted by Crippen LogP contribution is 2.21. The number of hydrogen-bond acceptors (Lipinski definition) is 5. The number of fused-ring (bicyclic) bond motifs is 1. The first kappa shape index (κ1) is 14.9. The molecule has 2 aromatic heterocycles. The van der Waals surface area contributed by atoms with E-state index in [4.69, 9.17) is 0 Å². The summed E-state index contributed by atoms with van der Waals surface area (Å²) in [5.74, 6) is -0.265. The molecule has 0 radical (unpaired) electrons. The molecule has 118 valence electrons. The Balaban J connectivity index is 2.27. The summed E-state index contributed by atoms with van der Waals surface area (Å²) in [6.07, 6.45) is 1.19. The van der Waals surface area contributed by atoms with E-state index in [-0.39, 0.29) is 17.0 Å². The maximum Gasteiger partial charge on any atom is 0.327 e. The van der Waals surface area contributed by atoms with E-state index in [1.54, 1.807) is 30.3 Å². The van der Waals surface area contributed by atoms with Crippen LogP contribution in [0.15, 0.2) is 39.9 Å². The van der Waals surface area contributed by atoms with Crippen molar-refractivity contribution in [3.05, 3.63) is 62.6 Å². The van der Waals surface area contributed by atoms with Crippen molar-refractivity contribution < 1.29 is 13.0 Å². The molecule has 0 spiro atoms. The highest BCUT2D eigenvalue weighted by atomic mass is 32.2. The predicted molar refractivity (Wildman–Crippen MR) is 83.2 cm³/mol.